The quantitative estimate of drug-likeness (QED) is 0.573. The maximum absolute atomic E-state index is 11.2. The summed E-state index contributed by atoms with van der Waals surface area (Å²) >= 11 is 3.48. The molecule has 2 aliphatic carbocycles. The molecule has 0 N–H and O–H groups in total. The van der Waals surface area contributed by atoms with Crippen molar-refractivity contribution in [1.82, 2.24) is 0 Å². The van der Waals surface area contributed by atoms with E-state index in [0.717, 1.165) is 6.42 Å². The summed E-state index contributed by atoms with van der Waals surface area (Å²) in [5.41, 5.74) is 0. The third kappa shape index (κ3) is 0.856. The number of rotatable bonds is 0. The number of halogens is 1. The van der Waals surface area contributed by atoms with Crippen molar-refractivity contribution >= 4 is 21.7 Å². The molecule has 0 spiro atoms. The highest BCUT2D eigenvalue weighted by atomic mass is 79.9. The molecule has 2 fully saturated rings. The van der Waals surface area contributed by atoms with Crippen LogP contribution in [-0.2, 0) is 4.79 Å². The van der Waals surface area contributed by atoms with E-state index in [1.165, 1.54) is 0 Å². The van der Waals surface area contributed by atoms with Crippen LogP contribution < -0.4 is 0 Å². The molecule has 2 aliphatic rings. The van der Waals surface area contributed by atoms with Crippen LogP contribution in [0, 0.1) is 29.1 Å². The lowest BCUT2D eigenvalue weighted by Gasteiger charge is -2.12. The summed E-state index contributed by atoms with van der Waals surface area (Å²) in [4.78, 5) is 11.5. The molecule has 0 heterocycles. The lowest BCUT2D eigenvalue weighted by Crippen LogP contribution is -2.15. The van der Waals surface area contributed by atoms with E-state index in [9.17, 15) is 4.79 Å². The molecule has 2 nitrogen and oxygen atoms in total. The molecule has 2 rings (SSSR count). The lowest BCUT2D eigenvalue weighted by atomic mass is 9.89. The zero-order valence-corrected chi connectivity index (χ0v) is 7.54. The lowest BCUT2D eigenvalue weighted by molar-refractivity contribution is -0.122. The Morgan fingerprint density at radius 2 is 2.36 bits per heavy atom. The van der Waals surface area contributed by atoms with Crippen molar-refractivity contribution in [2.75, 3.05) is 0 Å². The van der Waals surface area contributed by atoms with Crippen molar-refractivity contribution in [2.24, 2.45) is 17.8 Å². The normalized spacial score (nSPS) is 47.8. The first-order chi connectivity index (χ1) is 5.24. The second kappa shape index (κ2) is 2.31. The highest BCUT2D eigenvalue weighted by Gasteiger charge is 2.51. The van der Waals surface area contributed by atoms with Gasteiger partial charge in [-0.1, -0.05) is 15.9 Å². The molecule has 0 amide bonds. The summed E-state index contributed by atoms with van der Waals surface area (Å²) in [6.45, 7) is 0. The van der Waals surface area contributed by atoms with Crippen LogP contribution in [0.5, 0.6) is 0 Å². The molecular weight excluding hydrogens is 206 g/mol. The van der Waals surface area contributed by atoms with Crippen LogP contribution in [0.25, 0.3) is 0 Å². The molecular formula is C8H8BrNO. The first kappa shape index (κ1) is 7.30. The topological polar surface area (TPSA) is 40.9 Å². The van der Waals surface area contributed by atoms with E-state index in [1.54, 1.807) is 0 Å². The fourth-order valence-electron chi connectivity index (χ4n) is 2.19. The van der Waals surface area contributed by atoms with E-state index in [2.05, 4.69) is 22.0 Å². The van der Waals surface area contributed by atoms with E-state index in [-0.39, 0.29) is 11.8 Å². The van der Waals surface area contributed by atoms with Gasteiger partial charge in [-0.15, -0.1) is 0 Å². The van der Waals surface area contributed by atoms with E-state index in [1.807, 2.05) is 0 Å². The molecule has 0 aromatic heterocycles. The molecule has 58 valence electrons. The summed E-state index contributed by atoms with van der Waals surface area (Å²) < 4.78 is 0. The summed E-state index contributed by atoms with van der Waals surface area (Å²) in [5.74, 6) is 0.924. The Kier molecular flexibility index (Phi) is 1.53. The Bertz CT molecular complexity index is 245. The zero-order chi connectivity index (χ0) is 8.01. The van der Waals surface area contributed by atoms with Gasteiger partial charge in [-0.3, -0.25) is 4.79 Å². The van der Waals surface area contributed by atoms with Gasteiger partial charge in [0, 0.05) is 17.2 Å². The van der Waals surface area contributed by atoms with Gasteiger partial charge in [-0.2, -0.15) is 5.26 Å². The average molecular weight is 214 g/mol. The Labute approximate surface area is 73.7 Å². The largest absolute Gasteiger partial charge is 0.299 e. The van der Waals surface area contributed by atoms with Crippen LogP contribution in [0.4, 0.5) is 0 Å². The minimum absolute atomic E-state index is 0.127. The summed E-state index contributed by atoms with van der Waals surface area (Å²) in [6.07, 6.45) is 1.41. The third-order valence-corrected chi connectivity index (χ3v) is 4.15. The van der Waals surface area contributed by atoms with Gasteiger partial charge < -0.3 is 0 Å². The zero-order valence-electron chi connectivity index (χ0n) is 5.96. The average Bonchev–Trinajstić information content (AvgIpc) is 2.43. The molecule has 0 aliphatic heterocycles. The number of Topliss-reactive ketones (excluding diaryl/α,β-unsaturated/α-hetero) is 1. The molecule has 2 bridgehead atoms. The number of nitriles is 1. The van der Waals surface area contributed by atoms with E-state index >= 15 is 0 Å². The van der Waals surface area contributed by atoms with E-state index in [4.69, 9.17) is 5.26 Å². The first-order valence-corrected chi connectivity index (χ1v) is 4.72. The fourth-order valence-corrected chi connectivity index (χ4v) is 3.26. The second-order valence-corrected chi connectivity index (χ2v) is 4.41. The summed E-state index contributed by atoms with van der Waals surface area (Å²) in [5, 5.41) is 8.71. The molecule has 0 saturated heterocycles. The summed E-state index contributed by atoms with van der Waals surface area (Å²) in [6, 6.07) is 2.26. The van der Waals surface area contributed by atoms with Crippen LogP contribution in [0.15, 0.2) is 0 Å². The Balaban J connectivity index is 2.25. The number of hydrogen-bond acceptors (Lipinski definition) is 2. The van der Waals surface area contributed by atoms with Gasteiger partial charge in [0.1, 0.15) is 5.78 Å². The van der Waals surface area contributed by atoms with Gasteiger partial charge in [-0.25, -0.2) is 0 Å². The number of alkyl halides is 1. The monoisotopic (exact) mass is 213 g/mol. The first-order valence-electron chi connectivity index (χ1n) is 3.80. The molecule has 4 atom stereocenters. The van der Waals surface area contributed by atoms with Gasteiger partial charge in [-0.05, 0) is 12.3 Å². The number of ketones is 1. The van der Waals surface area contributed by atoms with Crippen molar-refractivity contribution in [1.29, 1.82) is 5.26 Å². The number of nitrogens with zero attached hydrogens (tertiary/aromatic N) is 1. The standard InChI is InChI=1S/C8H8BrNO/c9-8-5-2-7(11)6(8)1-4(5)3-10/h4-6,8H,1-2H2. The highest BCUT2D eigenvalue weighted by Crippen LogP contribution is 2.49. The maximum Gasteiger partial charge on any atom is 0.137 e. The third-order valence-electron chi connectivity index (χ3n) is 2.83. The molecule has 2 saturated carbocycles. The predicted octanol–water partition coefficient (Wildman–Crippen LogP) is 1.50. The van der Waals surface area contributed by atoms with Crippen molar-refractivity contribution < 1.29 is 4.79 Å². The highest BCUT2D eigenvalue weighted by molar-refractivity contribution is 9.09. The molecule has 11 heavy (non-hydrogen) atoms. The molecule has 4 unspecified atom stereocenters. The van der Waals surface area contributed by atoms with Crippen LogP contribution in [-0.4, -0.2) is 10.6 Å². The van der Waals surface area contributed by atoms with Crippen LogP contribution in [0.3, 0.4) is 0 Å². The molecule has 0 aromatic rings. The maximum atomic E-state index is 11.2. The van der Waals surface area contributed by atoms with Crippen LogP contribution in [0.1, 0.15) is 12.8 Å². The van der Waals surface area contributed by atoms with Gasteiger partial charge in [0.05, 0.1) is 12.0 Å². The van der Waals surface area contributed by atoms with E-state index in [0.29, 0.717) is 22.9 Å². The minimum atomic E-state index is 0.127. The van der Waals surface area contributed by atoms with E-state index < -0.39 is 0 Å². The smallest absolute Gasteiger partial charge is 0.137 e. The number of carbonyl (C=O) groups excluding carboxylic acids is 1. The Morgan fingerprint density at radius 3 is 2.73 bits per heavy atom. The predicted molar refractivity (Wildman–Crippen MR) is 43.0 cm³/mol. The SMILES string of the molecule is N#CC1CC2C(=O)CC1C2Br. The van der Waals surface area contributed by atoms with Crippen molar-refractivity contribution in [2.45, 2.75) is 17.7 Å². The fraction of sp³-hybridized carbons (Fsp3) is 0.750. The minimum Gasteiger partial charge on any atom is -0.299 e. The number of fused-ring (bicyclic) bond motifs is 2. The number of carbonyl (C=O) groups is 1. The molecule has 3 heteroatoms. The van der Waals surface area contributed by atoms with Crippen molar-refractivity contribution in [3.63, 3.8) is 0 Å². The Morgan fingerprint density at radius 1 is 1.64 bits per heavy atom. The van der Waals surface area contributed by atoms with Crippen LogP contribution >= 0.6 is 15.9 Å². The van der Waals surface area contributed by atoms with Crippen molar-refractivity contribution in [3.8, 4) is 6.07 Å². The molecule has 0 radical (unpaired) electrons. The van der Waals surface area contributed by atoms with Gasteiger partial charge >= 0.3 is 0 Å². The second-order valence-electron chi connectivity index (χ2n) is 3.36. The van der Waals surface area contributed by atoms with Gasteiger partial charge in [0.2, 0.25) is 0 Å². The Hall–Kier alpha value is -0.360. The summed E-state index contributed by atoms with van der Waals surface area (Å²) in [7, 11) is 0. The van der Waals surface area contributed by atoms with Crippen molar-refractivity contribution in [3.05, 3.63) is 0 Å². The van der Waals surface area contributed by atoms with Gasteiger partial charge in [0.15, 0.2) is 0 Å². The molecule has 0 aromatic carbocycles. The van der Waals surface area contributed by atoms with Gasteiger partial charge in [0.25, 0.3) is 0 Å². The van der Waals surface area contributed by atoms with Crippen LogP contribution in [0.2, 0.25) is 0 Å². The number of hydrogen-bond donors (Lipinski definition) is 0.